The van der Waals surface area contributed by atoms with Gasteiger partial charge in [0, 0.05) is 23.2 Å². The van der Waals surface area contributed by atoms with Crippen molar-refractivity contribution in [1.82, 2.24) is 0 Å². The molecule has 0 N–H and O–H groups in total. The van der Waals surface area contributed by atoms with Crippen molar-refractivity contribution in [1.29, 1.82) is 0 Å². The lowest BCUT2D eigenvalue weighted by atomic mass is 9.54. The average Bonchev–Trinajstić information content (AvgIpc) is 2.75. The summed E-state index contributed by atoms with van der Waals surface area (Å²) in [6.45, 7) is 0. The van der Waals surface area contributed by atoms with Gasteiger partial charge in [-0.05, 0) is 63.2 Å². The SMILES string of the molecule is C1CCC2=C(C1)OC1(S2)C2CC3CC(C2)CC1C3. The third-order valence-corrected chi connectivity index (χ3v) is 7.96. The molecule has 2 heteroatoms. The molecule has 4 bridgehead atoms. The van der Waals surface area contributed by atoms with Crippen LogP contribution in [0.3, 0.4) is 0 Å². The first kappa shape index (κ1) is 10.7. The van der Waals surface area contributed by atoms with Gasteiger partial charge in [0.15, 0.2) is 4.93 Å². The number of allylic oxidation sites excluding steroid dienone is 2. The van der Waals surface area contributed by atoms with Crippen molar-refractivity contribution in [2.45, 2.75) is 62.7 Å². The van der Waals surface area contributed by atoms with Gasteiger partial charge in [0.05, 0.1) is 0 Å². The van der Waals surface area contributed by atoms with Crippen LogP contribution in [0.1, 0.15) is 57.8 Å². The molecule has 0 saturated heterocycles. The highest BCUT2D eigenvalue weighted by molar-refractivity contribution is 8.04. The lowest BCUT2D eigenvalue weighted by Gasteiger charge is -2.58. The van der Waals surface area contributed by atoms with Gasteiger partial charge in [-0.3, -0.25) is 0 Å². The van der Waals surface area contributed by atoms with Crippen molar-refractivity contribution in [3.05, 3.63) is 10.7 Å². The van der Waals surface area contributed by atoms with Crippen molar-refractivity contribution >= 4 is 11.8 Å². The molecule has 6 aliphatic rings. The highest BCUT2D eigenvalue weighted by Crippen LogP contribution is 2.68. The van der Waals surface area contributed by atoms with Crippen LogP contribution in [0.2, 0.25) is 0 Å². The van der Waals surface area contributed by atoms with Crippen LogP contribution in [0, 0.1) is 23.7 Å². The molecule has 0 atom stereocenters. The third-order valence-electron chi connectivity index (χ3n) is 6.21. The smallest absolute Gasteiger partial charge is 0.164 e. The predicted molar refractivity (Wildman–Crippen MR) is 73.9 cm³/mol. The summed E-state index contributed by atoms with van der Waals surface area (Å²) in [6.07, 6.45) is 12.7. The molecule has 5 aliphatic carbocycles. The van der Waals surface area contributed by atoms with Crippen LogP contribution in [-0.4, -0.2) is 4.93 Å². The molecule has 18 heavy (non-hydrogen) atoms. The molecule has 0 amide bonds. The van der Waals surface area contributed by atoms with Crippen molar-refractivity contribution in [2.75, 3.05) is 0 Å². The van der Waals surface area contributed by atoms with Crippen LogP contribution < -0.4 is 0 Å². The molecule has 1 spiro atoms. The minimum absolute atomic E-state index is 0.225. The van der Waals surface area contributed by atoms with E-state index in [0.717, 1.165) is 23.7 Å². The monoisotopic (exact) mass is 262 g/mol. The fourth-order valence-corrected chi connectivity index (χ4v) is 7.40. The van der Waals surface area contributed by atoms with Crippen LogP contribution in [0.4, 0.5) is 0 Å². The van der Waals surface area contributed by atoms with Gasteiger partial charge in [0.1, 0.15) is 5.76 Å². The summed E-state index contributed by atoms with van der Waals surface area (Å²) < 4.78 is 6.67. The van der Waals surface area contributed by atoms with Gasteiger partial charge >= 0.3 is 0 Å². The first-order chi connectivity index (χ1) is 8.83. The van der Waals surface area contributed by atoms with Crippen molar-refractivity contribution in [3.8, 4) is 0 Å². The molecular formula is C16H22OS. The minimum atomic E-state index is 0.225. The van der Waals surface area contributed by atoms with Gasteiger partial charge in [0.2, 0.25) is 0 Å². The van der Waals surface area contributed by atoms with Crippen molar-refractivity contribution in [3.63, 3.8) is 0 Å². The Kier molecular flexibility index (Phi) is 2.07. The van der Waals surface area contributed by atoms with E-state index in [4.69, 9.17) is 4.74 Å². The highest BCUT2D eigenvalue weighted by Gasteiger charge is 2.62. The molecule has 4 saturated carbocycles. The van der Waals surface area contributed by atoms with E-state index in [9.17, 15) is 0 Å². The van der Waals surface area contributed by atoms with E-state index in [-0.39, 0.29) is 4.93 Å². The van der Waals surface area contributed by atoms with Crippen molar-refractivity contribution < 1.29 is 4.74 Å². The summed E-state index contributed by atoms with van der Waals surface area (Å²) >= 11 is 2.19. The zero-order chi connectivity index (χ0) is 11.7. The molecule has 0 radical (unpaired) electrons. The summed E-state index contributed by atoms with van der Waals surface area (Å²) in [5.41, 5.74) is 0. The van der Waals surface area contributed by atoms with E-state index in [1.807, 2.05) is 0 Å². The maximum absolute atomic E-state index is 6.67. The summed E-state index contributed by atoms with van der Waals surface area (Å²) in [5, 5.41) is 0. The van der Waals surface area contributed by atoms with Gasteiger partial charge in [-0.2, -0.15) is 0 Å². The predicted octanol–water partition coefficient (Wildman–Crippen LogP) is 4.69. The van der Waals surface area contributed by atoms with Gasteiger partial charge in [-0.1, -0.05) is 11.8 Å². The largest absolute Gasteiger partial charge is 0.479 e. The zero-order valence-corrected chi connectivity index (χ0v) is 11.8. The van der Waals surface area contributed by atoms with Crippen LogP contribution in [0.15, 0.2) is 10.7 Å². The van der Waals surface area contributed by atoms with Gasteiger partial charge in [0.25, 0.3) is 0 Å². The van der Waals surface area contributed by atoms with E-state index in [1.54, 1.807) is 11.3 Å². The lowest BCUT2D eigenvalue weighted by molar-refractivity contribution is -0.126. The molecular weight excluding hydrogens is 240 g/mol. The summed E-state index contributed by atoms with van der Waals surface area (Å²) in [4.78, 5) is 1.87. The molecule has 0 aromatic rings. The second-order valence-electron chi connectivity index (χ2n) is 7.28. The quantitative estimate of drug-likeness (QED) is 0.626. The number of hydrogen-bond acceptors (Lipinski definition) is 2. The Morgan fingerprint density at radius 3 is 2.22 bits per heavy atom. The molecule has 98 valence electrons. The number of ether oxygens (including phenoxy) is 1. The molecule has 0 unspecified atom stereocenters. The van der Waals surface area contributed by atoms with Crippen LogP contribution in [0.25, 0.3) is 0 Å². The van der Waals surface area contributed by atoms with E-state index in [0.29, 0.717) is 0 Å². The van der Waals surface area contributed by atoms with E-state index >= 15 is 0 Å². The molecule has 1 aliphatic heterocycles. The summed E-state index contributed by atoms with van der Waals surface area (Å²) in [7, 11) is 0. The van der Waals surface area contributed by atoms with E-state index in [1.165, 1.54) is 57.1 Å². The normalized spacial score (nSPS) is 52.9. The molecule has 1 heterocycles. The Bertz CT molecular complexity index is 377. The first-order valence-electron chi connectivity index (χ1n) is 7.93. The van der Waals surface area contributed by atoms with Crippen molar-refractivity contribution in [2.24, 2.45) is 23.7 Å². The van der Waals surface area contributed by atoms with Crippen LogP contribution in [-0.2, 0) is 4.74 Å². The second kappa shape index (κ2) is 3.50. The molecule has 0 aromatic heterocycles. The minimum Gasteiger partial charge on any atom is -0.479 e. The first-order valence-corrected chi connectivity index (χ1v) is 8.75. The Hall–Kier alpha value is -0.110. The standard InChI is InChI=1S/C16H22OS/c1-2-4-15-14(3-1)17-16(18-15)12-6-10-5-11(8-12)9-13(16)7-10/h10-13H,1-9H2. The van der Waals surface area contributed by atoms with Gasteiger partial charge in [-0.15, -0.1) is 0 Å². The lowest BCUT2D eigenvalue weighted by Crippen LogP contribution is -2.55. The highest BCUT2D eigenvalue weighted by atomic mass is 32.2. The second-order valence-corrected chi connectivity index (χ2v) is 8.62. The van der Waals surface area contributed by atoms with E-state index < -0.39 is 0 Å². The fourth-order valence-electron chi connectivity index (χ4n) is 5.65. The van der Waals surface area contributed by atoms with Crippen LogP contribution in [0.5, 0.6) is 0 Å². The molecule has 4 fully saturated rings. The van der Waals surface area contributed by atoms with Crippen LogP contribution >= 0.6 is 11.8 Å². The Morgan fingerprint density at radius 1 is 0.889 bits per heavy atom. The zero-order valence-electron chi connectivity index (χ0n) is 11.0. The number of hydrogen-bond donors (Lipinski definition) is 0. The Labute approximate surface area is 114 Å². The Morgan fingerprint density at radius 2 is 1.56 bits per heavy atom. The number of thioether (sulfide) groups is 1. The van der Waals surface area contributed by atoms with Gasteiger partial charge < -0.3 is 4.74 Å². The summed E-state index contributed by atoms with van der Waals surface area (Å²) in [5.74, 6) is 5.28. The maximum atomic E-state index is 6.67. The maximum Gasteiger partial charge on any atom is 0.164 e. The van der Waals surface area contributed by atoms with E-state index in [2.05, 4.69) is 11.8 Å². The van der Waals surface area contributed by atoms with Gasteiger partial charge in [-0.25, -0.2) is 0 Å². The molecule has 0 aromatic carbocycles. The topological polar surface area (TPSA) is 9.23 Å². The summed E-state index contributed by atoms with van der Waals surface area (Å²) in [6, 6.07) is 0. The fraction of sp³-hybridized carbons (Fsp3) is 0.875. The Balaban J connectivity index is 1.50. The molecule has 1 nitrogen and oxygen atoms in total. The average molecular weight is 262 g/mol. The third kappa shape index (κ3) is 1.26. The molecule has 6 rings (SSSR count). The number of rotatable bonds is 0.